The summed E-state index contributed by atoms with van der Waals surface area (Å²) in [4.78, 5) is 11.0. The molecule has 0 atom stereocenters. The minimum Gasteiger partial charge on any atom is -0.497 e. The number of carboxylic acid groups (broad SMARTS) is 1. The molecule has 0 aromatic heterocycles. The quantitative estimate of drug-likeness (QED) is 0.894. The highest BCUT2D eigenvalue weighted by atomic mass is 79.9. The van der Waals surface area contributed by atoms with Crippen LogP contribution >= 0.6 is 15.9 Å². The van der Waals surface area contributed by atoms with Gasteiger partial charge in [-0.05, 0) is 42.5 Å². The van der Waals surface area contributed by atoms with E-state index in [1.165, 1.54) is 49.6 Å². The second-order valence-electron chi connectivity index (χ2n) is 4.12. The van der Waals surface area contributed by atoms with Gasteiger partial charge in [-0.2, -0.15) is 0 Å². The molecule has 0 saturated heterocycles. The first kappa shape index (κ1) is 15.5. The summed E-state index contributed by atoms with van der Waals surface area (Å²) in [6.07, 6.45) is 0. The zero-order valence-electron chi connectivity index (χ0n) is 10.9. The molecule has 7 heteroatoms. The van der Waals surface area contributed by atoms with Gasteiger partial charge in [-0.3, -0.25) is 0 Å². The average Bonchev–Trinajstić information content (AvgIpc) is 2.47. The fourth-order valence-corrected chi connectivity index (χ4v) is 3.58. The van der Waals surface area contributed by atoms with Crippen LogP contribution in [0.1, 0.15) is 10.4 Å². The van der Waals surface area contributed by atoms with Gasteiger partial charge in [0.2, 0.25) is 9.84 Å². The minimum atomic E-state index is -3.91. The summed E-state index contributed by atoms with van der Waals surface area (Å²) in [5.74, 6) is -0.786. The predicted molar refractivity (Wildman–Crippen MR) is 79.5 cm³/mol. The van der Waals surface area contributed by atoms with E-state index in [0.29, 0.717) is 10.2 Å². The molecule has 0 aliphatic heterocycles. The highest BCUT2D eigenvalue weighted by molar-refractivity contribution is 9.10. The van der Waals surface area contributed by atoms with Crippen LogP contribution in [0.3, 0.4) is 0 Å². The molecule has 2 rings (SSSR count). The third-order valence-electron chi connectivity index (χ3n) is 2.83. The summed E-state index contributed by atoms with van der Waals surface area (Å²) in [7, 11) is -2.44. The molecule has 0 amide bonds. The largest absolute Gasteiger partial charge is 0.497 e. The molecule has 0 fully saturated rings. The molecule has 2 aromatic rings. The summed E-state index contributed by atoms with van der Waals surface area (Å²) in [5.41, 5.74) is -0.278. The Kier molecular flexibility index (Phi) is 4.34. The highest BCUT2D eigenvalue weighted by Gasteiger charge is 2.24. The lowest BCUT2D eigenvalue weighted by Crippen LogP contribution is -2.09. The number of carboxylic acids is 1. The zero-order chi connectivity index (χ0) is 15.6. The van der Waals surface area contributed by atoms with Crippen LogP contribution in [0.25, 0.3) is 0 Å². The highest BCUT2D eigenvalue weighted by Crippen LogP contribution is 2.27. The van der Waals surface area contributed by atoms with E-state index >= 15 is 0 Å². The second kappa shape index (κ2) is 5.87. The molecule has 0 unspecified atom stereocenters. The molecule has 1 N–H and O–H groups in total. The molecule has 0 aliphatic carbocycles. The fourth-order valence-electron chi connectivity index (χ4n) is 1.79. The Morgan fingerprint density at radius 1 is 1.14 bits per heavy atom. The van der Waals surface area contributed by atoms with Crippen molar-refractivity contribution < 1.29 is 23.1 Å². The number of halogens is 1. The molecular weight excluding hydrogens is 360 g/mol. The standard InChI is InChI=1S/C14H11BrO5S/c1-20-10-3-5-11(6-4-10)21(18,19)13-7-2-9(15)8-12(13)14(16)17/h2-8H,1H3,(H,16,17). The van der Waals surface area contributed by atoms with Crippen molar-refractivity contribution in [2.24, 2.45) is 0 Å². The third-order valence-corrected chi connectivity index (χ3v) is 5.15. The summed E-state index contributed by atoms with van der Waals surface area (Å²) in [6, 6.07) is 9.79. The van der Waals surface area contributed by atoms with Crippen molar-refractivity contribution in [1.82, 2.24) is 0 Å². The topological polar surface area (TPSA) is 80.7 Å². The van der Waals surface area contributed by atoms with Gasteiger partial charge in [-0.1, -0.05) is 15.9 Å². The number of benzene rings is 2. The first-order valence-electron chi connectivity index (χ1n) is 5.78. The van der Waals surface area contributed by atoms with Gasteiger partial charge in [0.05, 0.1) is 22.5 Å². The van der Waals surface area contributed by atoms with Crippen LogP contribution < -0.4 is 4.74 Å². The molecule has 0 saturated carbocycles. The maximum atomic E-state index is 12.6. The van der Waals surface area contributed by atoms with Gasteiger partial charge in [0.15, 0.2) is 0 Å². The first-order valence-corrected chi connectivity index (χ1v) is 8.06. The van der Waals surface area contributed by atoms with E-state index in [-0.39, 0.29) is 15.4 Å². The van der Waals surface area contributed by atoms with Gasteiger partial charge < -0.3 is 9.84 Å². The van der Waals surface area contributed by atoms with Crippen LogP contribution in [0, 0.1) is 0 Å². The van der Waals surface area contributed by atoms with Crippen LogP contribution in [-0.2, 0) is 9.84 Å². The molecule has 0 radical (unpaired) electrons. The summed E-state index contributed by atoms with van der Waals surface area (Å²) in [6.45, 7) is 0. The van der Waals surface area contributed by atoms with Crippen molar-refractivity contribution in [3.63, 3.8) is 0 Å². The molecule has 21 heavy (non-hydrogen) atoms. The van der Waals surface area contributed by atoms with Crippen molar-refractivity contribution in [3.05, 3.63) is 52.5 Å². The Hall–Kier alpha value is -1.86. The lowest BCUT2D eigenvalue weighted by atomic mass is 10.2. The van der Waals surface area contributed by atoms with E-state index in [2.05, 4.69) is 15.9 Å². The van der Waals surface area contributed by atoms with Gasteiger partial charge in [0.25, 0.3) is 0 Å². The molecule has 110 valence electrons. The maximum Gasteiger partial charge on any atom is 0.337 e. The van der Waals surface area contributed by atoms with Gasteiger partial charge in [-0.25, -0.2) is 13.2 Å². The predicted octanol–water partition coefficient (Wildman–Crippen LogP) is 2.99. The number of methoxy groups -OCH3 is 1. The number of ether oxygens (including phenoxy) is 1. The Balaban J connectivity index is 2.60. The van der Waals surface area contributed by atoms with Crippen LogP contribution in [-0.4, -0.2) is 26.6 Å². The number of rotatable bonds is 4. The van der Waals surface area contributed by atoms with E-state index < -0.39 is 15.8 Å². The van der Waals surface area contributed by atoms with Crippen LogP contribution in [0.15, 0.2) is 56.7 Å². The second-order valence-corrected chi connectivity index (χ2v) is 6.96. The average molecular weight is 371 g/mol. The van der Waals surface area contributed by atoms with E-state index in [1.54, 1.807) is 0 Å². The van der Waals surface area contributed by atoms with Crippen molar-refractivity contribution >= 4 is 31.7 Å². The van der Waals surface area contributed by atoms with Crippen molar-refractivity contribution in [2.75, 3.05) is 7.11 Å². The van der Waals surface area contributed by atoms with E-state index in [9.17, 15) is 18.3 Å². The van der Waals surface area contributed by atoms with Crippen molar-refractivity contribution in [1.29, 1.82) is 0 Å². The molecule has 0 spiro atoms. The Labute approximate surface area is 130 Å². The molecule has 5 nitrogen and oxygen atoms in total. The van der Waals surface area contributed by atoms with Gasteiger partial charge in [-0.15, -0.1) is 0 Å². The number of aromatic carboxylic acids is 1. The Bertz CT molecular complexity index is 782. The van der Waals surface area contributed by atoms with Crippen molar-refractivity contribution in [3.8, 4) is 5.75 Å². The molecule has 0 heterocycles. The Morgan fingerprint density at radius 3 is 2.29 bits per heavy atom. The molecule has 0 aliphatic rings. The third kappa shape index (κ3) is 3.08. The summed E-state index contributed by atoms with van der Waals surface area (Å²) in [5, 5.41) is 9.18. The first-order chi connectivity index (χ1) is 9.86. The number of sulfone groups is 1. The van der Waals surface area contributed by atoms with E-state index in [0.717, 1.165) is 0 Å². The van der Waals surface area contributed by atoms with Gasteiger partial charge >= 0.3 is 5.97 Å². The van der Waals surface area contributed by atoms with E-state index in [1.807, 2.05) is 0 Å². The smallest absolute Gasteiger partial charge is 0.337 e. The molecule has 2 aromatic carbocycles. The van der Waals surface area contributed by atoms with Gasteiger partial charge in [0, 0.05) is 4.47 Å². The lowest BCUT2D eigenvalue weighted by Gasteiger charge is -2.09. The molecule has 0 bridgehead atoms. The Morgan fingerprint density at radius 2 is 1.76 bits per heavy atom. The van der Waals surface area contributed by atoms with Gasteiger partial charge in [0.1, 0.15) is 5.75 Å². The monoisotopic (exact) mass is 370 g/mol. The normalized spacial score (nSPS) is 11.1. The molecular formula is C14H11BrO5S. The SMILES string of the molecule is COc1ccc(S(=O)(=O)c2ccc(Br)cc2C(=O)O)cc1. The van der Waals surface area contributed by atoms with Crippen LogP contribution in [0.5, 0.6) is 5.75 Å². The zero-order valence-corrected chi connectivity index (χ0v) is 13.3. The number of carbonyl (C=O) groups is 1. The lowest BCUT2D eigenvalue weighted by molar-refractivity contribution is 0.0692. The van der Waals surface area contributed by atoms with Crippen LogP contribution in [0.2, 0.25) is 0 Å². The summed E-state index contributed by atoms with van der Waals surface area (Å²) >= 11 is 3.13. The summed E-state index contributed by atoms with van der Waals surface area (Å²) < 4.78 is 30.6. The number of hydrogen-bond donors (Lipinski definition) is 1. The van der Waals surface area contributed by atoms with Crippen molar-refractivity contribution in [2.45, 2.75) is 9.79 Å². The maximum absolute atomic E-state index is 12.6. The number of hydrogen-bond acceptors (Lipinski definition) is 4. The minimum absolute atomic E-state index is 0.00752. The fraction of sp³-hybridized carbons (Fsp3) is 0.0714. The van der Waals surface area contributed by atoms with Crippen LogP contribution in [0.4, 0.5) is 0 Å². The van der Waals surface area contributed by atoms with E-state index in [4.69, 9.17) is 4.74 Å².